The molecule has 10 heteroatoms. The minimum atomic E-state index is -4.92. The molecule has 1 atom stereocenters. The SMILES string of the molecule is Cc1ccccc1C1=C(C#N)C(=O)NC(c2ccc(OCCCC(F)(F)F)cc2)(C(F)(F)F)C1. The van der Waals surface area contributed by atoms with Crippen molar-refractivity contribution in [2.45, 2.75) is 44.1 Å². The minimum Gasteiger partial charge on any atom is -0.494 e. The normalized spacial score (nSPS) is 18.9. The number of amides is 1. The van der Waals surface area contributed by atoms with Crippen molar-refractivity contribution >= 4 is 11.5 Å². The Morgan fingerprint density at radius 3 is 2.26 bits per heavy atom. The van der Waals surface area contributed by atoms with Crippen LogP contribution >= 0.6 is 0 Å². The molecule has 2 aromatic rings. The molecule has 2 aromatic carbocycles. The lowest BCUT2D eigenvalue weighted by atomic mass is 9.76. The number of alkyl halides is 6. The summed E-state index contributed by atoms with van der Waals surface area (Å²) in [5, 5.41) is 11.5. The number of carbonyl (C=O) groups is 1. The highest BCUT2D eigenvalue weighted by Crippen LogP contribution is 2.48. The fourth-order valence-electron chi connectivity index (χ4n) is 3.86. The zero-order chi connectivity index (χ0) is 25.1. The van der Waals surface area contributed by atoms with Gasteiger partial charge in [0.25, 0.3) is 5.91 Å². The van der Waals surface area contributed by atoms with Gasteiger partial charge in [0.05, 0.1) is 6.61 Å². The summed E-state index contributed by atoms with van der Waals surface area (Å²) in [5.41, 5.74) is -2.53. The molecule has 0 saturated carbocycles. The first kappa shape index (κ1) is 25.1. The van der Waals surface area contributed by atoms with E-state index >= 15 is 0 Å². The number of aryl methyl sites for hydroxylation is 1. The Kier molecular flexibility index (Phi) is 6.96. The average Bonchev–Trinajstić information content (AvgIpc) is 2.75. The minimum absolute atomic E-state index is 0.0193. The maximum Gasteiger partial charge on any atom is 0.416 e. The Bertz CT molecular complexity index is 1130. The van der Waals surface area contributed by atoms with Crippen LogP contribution in [0.1, 0.15) is 36.0 Å². The largest absolute Gasteiger partial charge is 0.494 e. The third-order valence-corrected chi connectivity index (χ3v) is 5.58. The molecule has 180 valence electrons. The molecule has 34 heavy (non-hydrogen) atoms. The lowest BCUT2D eigenvalue weighted by Gasteiger charge is -2.41. The zero-order valence-corrected chi connectivity index (χ0v) is 18.0. The summed E-state index contributed by atoms with van der Waals surface area (Å²) in [5.74, 6) is -1.05. The van der Waals surface area contributed by atoms with Crippen LogP contribution < -0.4 is 10.1 Å². The lowest BCUT2D eigenvalue weighted by molar-refractivity contribution is -0.201. The molecule has 1 aliphatic rings. The monoisotopic (exact) mass is 482 g/mol. The summed E-state index contributed by atoms with van der Waals surface area (Å²) in [6.45, 7) is 1.41. The number of hydrogen-bond acceptors (Lipinski definition) is 3. The molecule has 3 rings (SSSR count). The molecule has 0 radical (unpaired) electrons. The third kappa shape index (κ3) is 5.19. The first-order valence-electron chi connectivity index (χ1n) is 10.3. The summed E-state index contributed by atoms with van der Waals surface area (Å²) in [6.07, 6.45) is -11.3. The van der Waals surface area contributed by atoms with Gasteiger partial charge < -0.3 is 10.1 Å². The van der Waals surface area contributed by atoms with Crippen molar-refractivity contribution in [2.24, 2.45) is 0 Å². The van der Waals surface area contributed by atoms with E-state index in [2.05, 4.69) is 0 Å². The molecule has 4 nitrogen and oxygen atoms in total. The number of hydrogen-bond donors (Lipinski definition) is 1. The second kappa shape index (κ2) is 9.41. The number of rotatable bonds is 6. The standard InChI is InChI=1S/C24H20F6N2O2/c1-15-5-2-3-6-18(15)19-13-22(24(28,29)30,32-21(33)20(19)14-31)16-7-9-17(10-8-16)34-12-4-11-23(25,26)27/h2-3,5-10H,4,11-13H2,1H3,(H,32,33). The van der Waals surface area contributed by atoms with Crippen LogP contribution in [0, 0.1) is 18.3 Å². The van der Waals surface area contributed by atoms with E-state index in [1.54, 1.807) is 37.3 Å². The van der Waals surface area contributed by atoms with Crippen LogP contribution in [0.25, 0.3) is 5.57 Å². The van der Waals surface area contributed by atoms with Crippen LogP contribution in [0.15, 0.2) is 54.1 Å². The number of carbonyl (C=O) groups excluding carboxylic acids is 1. The van der Waals surface area contributed by atoms with Gasteiger partial charge in [-0.2, -0.15) is 31.6 Å². The summed E-state index contributed by atoms with van der Waals surface area (Å²) in [6, 6.07) is 12.9. The third-order valence-electron chi connectivity index (χ3n) is 5.58. The van der Waals surface area contributed by atoms with E-state index in [9.17, 15) is 36.4 Å². The number of benzene rings is 2. The van der Waals surface area contributed by atoms with Gasteiger partial charge in [-0.15, -0.1) is 0 Å². The maximum atomic E-state index is 14.5. The molecule has 0 fully saturated rings. The van der Waals surface area contributed by atoms with Crippen LogP contribution in [0.4, 0.5) is 26.3 Å². The molecule has 1 aliphatic heterocycles. The van der Waals surface area contributed by atoms with E-state index in [4.69, 9.17) is 4.74 Å². The highest BCUT2D eigenvalue weighted by atomic mass is 19.4. The summed E-state index contributed by atoms with van der Waals surface area (Å²) in [7, 11) is 0. The molecule has 0 aliphatic carbocycles. The van der Waals surface area contributed by atoms with Gasteiger partial charge in [0.15, 0.2) is 5.54 Å². The molecule has 1 heterocycles. The predicted molar refractivity (Wildman–Crippen MR) is 111 cm³/mol. The summed E-state index contributed by atoms with van der Waals surface area (Å²) >= 11 is 0. The highest BCUT2D eigenvalue weighted by Gasteiger charge is 2.59. The smallest absolute Gasteiger partial charge is 0.416 e. The van der Waals surface area contributed by atoms with Crippen LogP contribution in [-0.2, 0) is 10.3 Å². The zero-order valence-electron chi connectivity index (χ0n) is 18.0. The Hall–Kier alpha value is -3.48. The van der Waals surface area contributed by atoms with Gasteiger partial charge in [0, 0.05) is 12.8 Å². The molecule has 1 amide bonds. The van der Waals surface area contributed by atoms with Crippen LogP contribution in [0.5, 0.6) is 5.75 Å². The topological polar surface area (TPSA) is 62.1 Å². The summed E-state index contributed by atoms with van der Waals surface area (Å²) < 4.78 is 85.4. The van der Waals surface area contributed by atoms with E-state index in [0.717, 1.165) is 12.1 Å². The number of ether oxygens (including phenoxy) is 1. The van der Waals surface area contributed by atoms with Gasteiger partial charge >= 0.3 is 12.4 Å². The Balaban J connectivity index is 1.96. The van der Waals surface area contributed by atoms with E-state index < -0.39 is 42.2 Å². The highest BCUT2D eigenvalue weighted by molar-refractivity contribution is 6.07. The Labute approximate surface area is 191 Å². The molecule has 1 N–H and O–H groups in total. The maximum absolute atomic E-state index is 14.5. The van der Waals surface area contributed by atoms with Gasteiger partial charge in [-0.1, -0.05) is 36.4 Å². The van der Waals surface area contributed by atoms with E-state index in [0.29, 0.717) is 11.1 Å². The van der Waals surface area contributed by atoms with E-state index in [-0.39, 0.29) is 29.9 Å². The van der Waals surface area contributed by atoms with Crippen molar-refractivity contribution in [3.05, 3.63) is 70.8 Å². The predicted octanol–water partition coefficient (Wildman–Crippen LogP) is 5.97. The van der Waals surface area contributed by atoms with Crippen LogP contribution in [-0.4, -0.2) is 24.9 Å². The Morgan fingerprint density at radius 2 is 1.71 bits per heavy atom. The molecule has 0 bridgehead atoms. The van der Waals surface area contributed by atoms with Gasteiger partial charge in [0.1, 0.15) is 17.4 Å². The first-order chi connectivity index (χ1) is 15.9. The molecule has 0 spiro atoms. The fraction of sp³-hybridized carbons (Fsp3) is 0.333. The Morgan fingerprint density at radius 1 is 1.06 bits per heavy atom. The average molecular weight is 482 g/mol. The second-order valence-corrected chi connectivity index (χ2v) is 7.91. The van der Waals surface area contributed by atoms with Crippen molar-refractivity contribution in [3.63, 3.8) is 0 Å². The van der Waals surface area contributed by atoms with Crippen molar-refractivity contribution in [1.82, 2.24) is 5.32 Å². The van der Waals surface area contributed by atoms with E-state index in [1.807, 2.05) is 5.32 Å². The number of nitriles is 1. The van der Waals surface area contributed by atoms with Crippen molar-refractivity contribution < 1.29 is 35.9 Å². The fourth-order valence-corrected chi connectivity index (χ4v) is 3.86. The lowest BCUT2D eigenvalue weighted by Crippen LogP contribution is -2.58. The van der Waals surface area contributed by atoms with Crippen molar-refractivity contribution in [3.8, 4) is 11.8 Å². The van der Waals surface area contributed by atoms with Gasteiger partial charge in [0.2, 0.25) is 0 Å². The van der Waals surface area contributed by atoms with Gasteiger partial charge in [-0.25, -0.2) is 0 Å². The quantitative estimate of drug-likeness (QED) is 0.408. The molecular formula is C24H20F6N2O2. The number of nitrogens with one attached hydrogen (secondary N) is 1. The van der Waals surface area contributed by atoms with Crippen LogP contribution in [0.3, 0.4) is 0 Å². The van der Waals surface area contributed by atoms with Gasteiger partial charge in [-0.3, -0.25) is 4.79 Å². The first-order valence-corrected chi connectivity index (χ1v) is 10.3. The van der Waals surface area contributed by atoms with Gasteiger partial charge in [-0.05, 0) is 47.7 Å². The number of halogens is 6. The van der Waals surface area contributed by atoms with Crippen LogP contribution in [0.2, 0.25) is 0 Å². The molecule has 1 unspecified atom stereocenters. The molecule has 0 saturated heterocycles. The molecule has 0 aromatic heterocycles. The number of nitrogens with zero attached hydrogens (tertiary/aromatic N) is 1. The van der Waals surface area contributed by atoms with Crippen molar-refractivity contribution in [2.75, 3.05) is 6.61 Å². The summed E-state index contributed by atoms with van der Waals surface area (Å²) in [4.78, 5) is 12.7. The second-order valence-electron chi connectivity index (χ2n) is 7.91. The van der Waals surface area contributed by atoms with Crippen molar-refractivity contribution in [1.29, 1.82) is 5.26 Å². The van der Waals surface area contributed by atoms with E-state index in [1.165, 1.54) is 12.1 Å². The molecular weight excluding hydrogens is 462 g/mol.